The maximum atomic E-state index is 12.6. The van der Waals surface area contributed by atoms with Gasteiger partial charge < -0.3 is 4.48 Å². The smallest absolute Gasteiger partial charge is 0.142 e. The Morgan fingerprint density at radius 1 is 1.24 bits per heavy atom. The second kappa shape index (κ2) is 3.57. The molecule has 3 atom stereocenters. The van der Waals surface area contributed by atoms with Crippen molar-refractivity contribution in [3.05, 3.63) is 0 Å². The highest BCUT2D eigenvalue weighted by molar-refractivity contribution is 5.91. The molecule has 2 heteroatoms. The molecular formula is C15H28NO+. The highest BCUT2D eigenvalue weighted by Gasteiger charge is 2.65. The number of ketones is 1. The van der Waals surface area contributed by atoms with Crippen LogP contribution in [-0.2, 0) is 4.79 Å². The molecule has 2 aliphatic rings. The third-order valence-electron chi connectivity index (χ3n) is 5.78. The normalized spacial score (nSPS) is 40.0. The summed E-state index contributed by atoms with van der Waals surface area (Å²) in [5.41, 5.74) is 0.187. The third kappa shape index (κ3) is 1.76. The Balaban J connectivity index is 2.15. The second-order valence-electron chi connectivity index (χ2n) is 7.97. The monoisotopic (exact) mass is 238 g/mol. The zero-order valence-corrected chi connectivity index (χ0v) is 12.3. The van der Waals surface area contributed by atoms with Gasteiger partial charge in [-0.1, -0.05) is 20.8 Å². The van der Waals surface area contributed by atoms with E-state index in [1.165, 1.54) is 6.42 Å². The van der Waals surface area contributed by atoms with Gasteiger partial charge in [0.1, 0.15) is 5.78 Å². The van der Waals surface area contributed by atoms with Gasteiger partial charge in [0.05, 0.1) is 27.7 Å². The molecule has 0 amide bonds. The number of Topliss-reactive ketones (excluding diaryl/α,β-unsaturated/α-hetero) is 1. The number of quaternary nitrogens is 1. The molecule has 0 saturated heterocycles. The zero-order valence-electron chi connectivity index (χ0n) is 12.3. The molecule has 2 rings (SSSR count). The molecule has 0 radical (unpaired) electrons. The van der Waals surface area contributed by atoms with Gasteiger partial charge in [-0.3, -0.25) is 4.79 Å². The number of rotatable bonds is 3. The van der Waals surface area contributed by atoms with Gasteiger partial charge in [-0.05, 0) is 24.2 Å². The highest BCUT2D eigenvalue weighted by Crippen LogP contribution is 2.66. The van der Waals surface area contributed by atoms with Crippen molar-refractivity contribution in [3.8, 4) is 0 Å². The van der Waals surface area contributed by atoms with Gasteiger partial charge in [0.25, 0.3) is 0 Å². The molecule has 0 N–H and O–H groups in total. The highest BCUT2D eigenvalue weighted by atomic mass is 16.1. The maximum Gasteiger partial charge on any atom is 0.142 e. The largest absolute Gasteiger partial charge is 0.331 e. The first-order chi connectivity index (χ1) is 7.59. The fourth-order valence-electron chi connectivity index (χ4n) is 4.13. The van der Waals surface area contributed by atoms with Crippen molar-refractivity contribution in [2.75, 3.05) is 27.7 Å². The molecule has 0 spiro atoms. The number of hydrogen-bond donors (Lipinski definition) is 0. The first-order valence-electron chi connectivity index (χ1n) is 6.94. The molecule has 0 aromatic rings. The predicted molar refractivity (Wildman–Crippen MR) is 70.6 cm³/mol. The lowest BCUT2D eigenvalue weighted by atomic mass is 9.70. The summed E-state index contributed by atoms with van der Waals surface area (Å²) in [6.07, 6.45) is 3.45. The molecule has 2 bridgehead atoms. The molecule has 2 unspecified atom stereocenters. The van der Waals surface area contributed by atoms with Crippen LogP contribution in [0.15, 0.2) is 0 Å². The van der Waals surface area contributed by atoms with Crippen molar-refractivity contribution >= 4 is 5.78 Å². The van der Waals surface area contributed by atoms with Crippen molar-refractivity contribution in [2.45, 2.75) is 40.0 Å². The Labute approximate surface area is 106 Å². The van der Waals surface area contributed by atoms with E-state index in [1.54, 1.807) is 0 Å². The van der Waals surface area contributed by atoms with E-state index in [1.807, 2.05) is 0 Å². The molecule has 2 aliphatic carbocycles. The lowest BCUT2D eigenvalue weighted by molar-refractivity contribution is -0.870. The van der Waals surface area contributed by atoms with E-state index >= 15 is 0 Å². The van der Waals surface area contributed by atoms with Crippen LogP contribution in [0.1, 0.15) is 40.0 Å². The summed E-state index contributed by atoms with van der Waals surface area (Å²) < 4.78 is 0.966. The van der Waals surface area contributed by atoms with Crippen molar-refractivity contribution in [1.82, 2.24) is 0 Å². The van der Waals surface area contributed by atoms with Crippen molar-refractivity contribution in [3.63, 3.8) is 0 Å². The Kier molecular flexibility index (Phi) is 2.74. The zero-order chi connectivity index (χ0) is 13.1. The fraction of sp³-hybridized carbons (Fsp3) is 0.933. The van der Waals surface area contributed by atoms with Crippen LogP contribution >= 0.6 is 0 Å². The topological polar surface area (TPSA) is 17.1 Å². The summed E-state index contributed by atoms with van der Waals surface area (Å²) in [7, 11) is 6.64. The minimum atomic E-state index is -0.0345. The number of carbonyl (C=O) groups excluding carboxylic acids is 1. The summed E-state index contributed by atoms with van der Waals surface area (Å²) in [6.45, 7) is 7.95. The Bertz CT molecular complexity index is 339. The molecule has 17 heavy (non-hydrogen) atoms. The van der Waals surface area contributed by atoms with Gasteiger partial charge in [0.2, 0.25) is 0 Å². The van der Waals surface area contributed by atoms with E-state index < -0.39 is 0 Å². The number of fused-ring (bicyclic) bond motifs is 2. The fourth-order valence-corrected chi connectivity index (χ4v) is 4.13. The molecule has 0 aromatic carbocycles. The maximum absolute atomic E-state index is 12.6. The molecule has 2 fully saturated rings. The van der Waals surface area contributed by atoms with Crippen LogP contribution in [0.5, 0.6) is 0 Å². The van der Waals surface area contributed by atoms with Crippen LogP contribution < -0.4 is 0 Å². The van der Waals surface area contributed by atoms with E-state index in [9.17, 15) is 4.79 Å². The number of carbonyl (C=O) groups is 1. The lowest BCUT2D eigenvalue weighted by Gasteiger charge is -2.32. The van der Waals surface area contributed by atoms with Crippen LogP contribution in [0.4, 0.5) is 0 Å². The van der Waals surface area contributed by atoms with Crippen LogP contribution in [-0.4, -0.2) is 38.0 Å². The minimum Gasteiger partial charge on any atom is -0.331 e. The van der Waals surface area contributed by atoms with Crippen LogP contribution in [0.3, 0.4) is 0 Å². The van der Waals surface area contributed by atoms with E-state index in [2.05, 4.69) is 41.9 Å². The minimum absolute atomic E-state index is 0.0345. The SMILES string of the molecule is CC1(C)C2CC[C@@]1(C)C(=O)C2CC[N+](C)(C)C. The van der Waals surface area contributed by atoms with Gasteiger partial charge in [0, 0.05) is 17.8 Å². The summed E-state index contributed by atoms with van der Waals surface area (Å²) >= 11 is 0. The Hall–Kier alpha value is -0.370. The van der Waals surface area contributed by atoms with Crippen molar-refractivity contribution < 1.29 is 9.28 Å². The number of nitrogens with zero attached hydrogens (tertiary/aromatic N) is 1. The van der Waals surface area contributed by atoms with E-state index in [-0.39, 0.29) is 10.8 Å². The van der Waals surface area contributed by atoms with E-state index in [0.717, 1.165) is 23.9 Å². The molecular weight excluding hydrogens is 210 g/mol. The third-order valence-corrected chi connectivity index (χ3v) is 5.78. The van der Waals surface area contributed by atoms with Gasteiger partial charge >= 0.3 is 0 Å². The quantitative estimate of drug-likeness (QED) is 0.691. The van der Waals surface area contributed by atoms with Crippen LogP contribution in [0, 0.1) is 22.7 Å². The lowest BCUT2D eigenvalue weighted by Crippen LogP contribution is -2.38. The Morgan fingerprint density at radius 2 is 1.82 bits per heavy atom. The molecule has 2 saturated carbocycles. The second-order valence-corrected chi connectivity index (χ2v) is 7.97. The molecule has 98 valence electrons. The summed E-state index contributed by atoms with van der Waals surface area (Å²) in [5, 5.41) is 0. The standard InChI is InChI=1S/C15H28NO/c1-14(2)12-7-9-15(14,3)13(17)11(12)8-10-16(4,5)6/h11-12H,7-10H2,1-6H3/q+1/t11?,12?,15-/m0/s1. The van der Waals surface area contributed by atoms with Crippen LogP contribution in [0.2, 0.25) is 0 Å². The van der Waals surface area contributed by atoms with Gasteiger partial charge in [0.15, 0.2) is 0 Å². The summed E-state index contributed by atoms with van der Waals surface area (Å²) in [4.78, 5) is 12.6. The molecule has 0 heterocycles. The first kappa shape index (κ1) is 13.1. The van der Waals surface area contributed by atoms with Crippen molar-refractivity contribution in [2.24, 2.45) is 22.7 Å². The van der Waals surface area contributed by atoms with Gasteiger partial charge in [-0.15, -0.1) is 0 Å². The predicted octanol–water partition coefficient (Wildman–Crippen LogP) is 2.72. The van der Waals surface area contributed by atoms with E-state index in [0.29, 0.717) is 17.6 Å². The van der Waals surface area contributed by atoms with Crippen molar-refractivity contribution in [1.29, 1.82) is 0 Å². The average molecular weight is 238 g/mol. The average Bonchev–Trinajstić information content (AvgIpc) is 2.46. The molecule has 2 nitrogen and oxygen atoms in total. The summed E-state index contributed by atoms with van der Waals surface area (Å²) in [6, 6.07) is 0. The van der Waals surface area contributed by atoms with E-state index in [4.69, 9.17) is 0 Å². The Morgan fingerprint density at radius 3 is 2.24 bits per heavy atom. The van der Waals surface area contributed by atoms with Gasteiger partial charge in [-0.25, -0.2) is 0 Å². The van der Waals surface area contributed by atoms with Crippen LogP contribution in [0.25, 0.3) is 0 Å². The first-order valence-corrected chi connectivity index (χ1v) is 6.94. The molecule has 0 aliphatic heterocycles. The number of hydrogen-bond acceptors (Lipinski definition) is 1. The summed E-state index contributed by atoms with van der Waals surface area (Å²) in [5.74, 6) is 1.53. The van der Waals surface area contributed by atoms with Gasteiger partial charge in [-0.2, -0.15) is 0 Å². The molecule has 0 aromatic heterocycles.